The first-order valence-corrected chi connectivity index (χ1v) is 6.56. The SMILES string of the molecule is CC1(O)C[C@@H]2CNCCN2c2ncc(C(F)(F)F)cc21. The number of anilines is 1. The molecule has 3 rings (SSSR count). The highest BCUT2D eigenvalue weighted by molar-refractivity contribution is 5.55. The van der Waals surface area contributed by atoms with Crippen LogP contribution in [0.4, 0.5) is 19.0 Å². The smallest absolute Gasteiger partial charge is 0.385 e. The first-order valence-electron chi connectivity index (χ1n) is 6.56. The van der Waals surface area contributed by atoms with Crippen LogP contribution < -0.4 is 10.2 Å². The van der Waals surface area contributed by atoms with E-state index in [0.29, 0.717) is 25.3 Å². The highest BCUT2D eigenvalue weighted by Gasteiger charge is 2.43. The van der Waals surface area contributed by atoms with Gasteiger partial charge in [0.15, 0.2) is 0 Å². The molecule has 0 radical (unpaired) electrons. The molecular weight excluding hydrogens is 271 g/mol. The zero-order chi connectivity index (χ0) is 14.5. The minimum atomic E-state index is -4.45. The number of piperazine rings is 1. The second kappa shape index (κ2) is 4.33. The monoisotopic (exact) mass is 287 g/mol. The van der Waals surface area contributed by atoms with Gasteiger partial charge < -0.3 is 15.3 Å². The molecule has 1 saturated heterocycles. The molecule has 0 saturated carbocycles. The van der Waals surface area contributed by atoms with Gasteiger partial charge in [0.25, 0.3) is 0 Å². The molecule has 2 atom stereocenters. The lowest BCUT2D eigenvalue weighted by Crippen LogP contribution is -2.57. The molecule has 110 valence electrons. The van der Waals surface area contributed by atoms with Crippen molar-refractivity contribution in [2.45, 2.75) is 31.2 Å². The number of alkyl halides is 3. The molecule has 0 aliphatic carbocycles. The lowest BCUT2D eigenvalue weighted by molar-refractivity contribution is -0.138. The number of aliphatic hydroxyl groups is 1. The van der Waals surface area contributed by atoms with E-state index in [2.05, 4.69) is 10.3 Å². The molecule has 2 aliphatic rings. The fraction of sp³-hybridized carbons (Fsp3) is 0.615. The van der Waals surface area contributed by atoms with E-state index in [1.54, 1.807) is 6.92 Å². The summed E-state index contributed by atoms with van der Waals surface area (Å²) in [5.41, 5.74) is -1.83. The van der Waals surface area contributed by atoms with Crippen molar-refractivity contribution in [3.8, 4) is 0 Å². The van der Waals surface area contributed by atoms with Gasteiger partial charge in [-0.25, -0.2) is 4.98 Å². The molecule has 20 heavy (non-hydrogen) atoms. The van der Waals surface area contributed by atoms with Crippen molar-refractivity contribution in [1.82, 2.24) is 10.3 Å². The molecule has 2 aliphatic heterocycles. The quantitative estimate of drug-likeness (QED) is 0.759. The number of hydrogen-bond donors (Lipinski definition) is 2. The topological polar surface area (TPSA) is 48.4 Å². The molecule has 1 aromatic heterocycles. The van der Waals surface area contributed by atoms with E-state index < -0.39 is 17.3 Å². The number of aromatic nitrogens is 1. The second-order valence-corrected chi connectivity index (χ2v) is 5.62. The van der Waals surface area contributed by atoms with E-state index in [9.17, 15) is 18.3 Å². The third kappa shape index (κ3) is 2.14. The molecule has 0 amide bonds. The highest BCUT2D eigenvalue weighted by Crippen LogP contribution is 2.42. The van der Waals surface area contributed by atoms with Crippen molar-refractivity contribution >= 4 is 5.82 Å². The number of rotatable bonds is 0. The molecule has 1 unspecified atom stereocenters. The number of nitrogens with one attached hydrogen (secondary N) is 1. The summed E-state index contributed by atoms with van der Waals surface area (Å²) in [6, 6.07) is 1.09. The van der Waals surface area contributed by atoms with E-state index in [1.165, 1.54) is 0 Å². The summed E-state index contributed by atoms with van der Waals surface area (Å²) in [6.07, 6.45) is -3.20. The van der Waals surface area contributed by atoms with Gasteiger partial charge in [-0.15, -0.1) is 0 Å². The summed E-state index contributed by atoms with van der Waals surface area (Å²) in [6.45, 7) is 3.71. The summed E-state index contributed by atoms with van der Waals surface area (Å²) in [5.74, 6) is 0.473. The number of nitrogens with zero attached hydrogens (tertiary/aromatic N) is 2. The van der Waals surface area contributed by atoms with Gasteiger partial charge in [0, 0.05) is 43.9 Å². The summed E-state index contributed by atoms with van der Waals surface area (Å²) >= 11 is 0. The van der Waals surface area contributed by atoms with Gasteiger partial charge in [-0.2, -0.15) is 13.2 Å². The minimum absolute atomic E-state index is 0.0653. The largest absolute Gasteiger partial charge is 0.417 e. The van der Waals surface area contributed by atoms with Crippen LogP contribution in [0.25, 0.3) is 0 Å². The van der Waals surface area contributed by atoms with Gasteiger partial charge in [-0.05, 0) is 13.0 Å². The first-order chi connectivity index (χ1) is 9.29. The van der Waals surface area contributed by atoms with Crippen LogP contribution in [-0.4, -0.2) is 35.8 Å². The Morgan fingerprint density at radius 3 is 2.95 bits per heavy atom. The number of hydrogen-bond acceptors (Lipinski definition) is 4. The van der Waals surface area contributed by atoms with E-state index >= 15 is 0 Å². The van der Waals surface area contributed by atoms with E-state index in [4.69, 9.17) is 0 Å². The van der Waals surface area contributed by atoms with Crippen molar-refractivity contribution in [1.29, 1.82) is 0 Å². The van der Waals surface area contributed by atoms with Crippen LogP contribution in [0, 0.1) is 0 Å². The molecule has 0 bridgehead atoms. The normalized spacial score (nSPS) is 29.9. The van der Waals surface area contributed by atoms with Crippen LogP contribution in [0.2, 0.25) is 0 Å². The van der Waals surface area contributed by atoms with Crippen LogP contribution in [0.3, 0.4) is 0 Å². The molecule has 4 nitrogen and oxygen atoms in total. The molecule has 7 heteroatoms. The van der Waals surface area contributed by atoms with Crippen molar-refractivity contribution in [3.05, 3.63) is 23.4 Å². The van der Waals surface area contributed by atoms with Crippen LogP contribution in [0.5, 0.6) is 0 Å². The maximum atomic E-state index is 12.8. The molecule has 2 N–H and O–H groups in total. The van der Waals surface area contributed by atoms with Crippen molar-refractivity contribution in [3.63, 3.8) is 0 Å². The van der Waals surface area contributed by atoms with Crippen molar-refractivity contribution < 1.29 is 18.3 Å². The number of halogens is 3. The van der Waals surface area contributed by atoms with Gasteiger partial charge in [-0.1, -0.05) is 0 Å². The Bertz CT molecular complexity index is 530. The van der Waals surface area contributed by atoms with Crippen molar-refractivity contribution in [2.75, 3.05) is 24.5 Å². The van der Waals surface area contributed by atoms with Gasteiger partial charge >= 0.3 is 6.18 Å². The molecule has 3 heterocycles. The zero-order valence-corrected chi connectivity index (χ0v) is 11.0. The van der Waals surface area contributed by atoms with Gasteiger partial charge in [0.1, 0.15) is 5.82 Å². The minimum Gasteiger partial charge on any atom is -0.385 e. The average Bonchev–Trinajstić information content (AvgIpc) is 2.37. The Labute approximate surface area is 114 Å². The maximum absolute atomic E-state index is 12.8. The van der Waals surface area contributed by atoms with E-state index in [-0.39, 0.29) is 11.6 Å². The van der Waals surface area contributed by atoms with Crippen molar-refractivity contribution in [2.24, 2.45) is 0 Å². The molecule has 0 aromatic carbocycles. The molecule has 1 fully saturated rings. The first kappa shape index (κ1) is 13.6. The molecule has 1 aromatic rings. The summed E-state index contributed by atoms with van der Waals surface area (Å²) in [5, 5.41) is 13.7. The van der Waals surface area contributed by atoms with Crippen LogP contribution in [-0.2, 0) is 11.8 Å². The van der Waals surface area contributed by atoms with Crippen LogP contribution >= 0.6 is 0 Å². The lowest BCUT2D eigenvalue weighted by Gasteiger charge is -2.46. The van der Waals surface area contributed by atoms with E-state index in [1.807, 2.05) is 4.90 Å². The fourth-order valence-corrected chi connectivity index (χ4v) is 3.03. The summed E-state index contributed by atoms with van der Waals surface area (Å²) < 4.78 is 38.4. The van der Waals surface area contributed by atoms with Gasteiger partial charge in [0.05, 0.1) is 11.2 Å². The van der Waals surface area contributed by atoms with E-state index in [0.717, 1.165) is 18.8 Å². The molecule has 0 spiro atoms. The Morgan fingerprint density at radius 1 is 1.50 bits per heavy atom. The number of pyridine rings is 1. The lowest BCUT2D eigenvalue weighted by atomic mass is 9.83. The third-order valence-electron chi connectivity index (χ3n) is 4.03. The zero-order valence-electron chi connectivity index (χ0n) is 11.0. The van der Waals surface area contributed by atoms with Gasteiger partial charge in [0.2, 0.25) is 0 Å². The summed E-state index contributed by atoms with van der Waals surface area (Å²) in [4.78, 5) is 5.97. The highest BCUT2D eigenvalue weighted by atomic mass is 19.4. The van der Waals surface area contributed by atoms with Gasteiger partial charge in [-0.3, -0.25) is 0 Å². The molecular formula is C13H16F3N3O. The Balaban J connectivity index is 2.09. The third-order valence-corrected chi connectivity index (χ3v) is 4.03. The Morgan fingerprint density at radius 2 is 2.25 bits per heavy atom. The number of fused-ring (bicyclic) bond motifs is 3. The predicted octanol–water partition coefficient (Wildman–Crippen LogP) is 1.49. The average molecular weight is 287 g/mol. The predicted molar refractivity (Wildman–Crippen MR) is 67.4 cm³/mol. The Hall–Kier alpha value is -1.34. The second-order valence-electron chi connectivity index (χ2n) is 5.62. The van der Waals surface area contributed by atoms with Crippen LogP contribution in [0.1, 0.15) is 24.5 Å². The summed E-state index contributed by atoms with van der Waals surface area (Å²) in [7, 11) is 0. The maximum Gasteiger partial charge on any atom is 0.417 e. The Kier molecular flexibility index (Phi) is 2.95. The standard InChI is InChI=1S/C13H16F3N3O/c1-12(20)5-9-7-17-2-3-19(9)11-10(12)4-8(6-18-11)13(14,15)16/h4,6,9,17,20H,2-3,5,7H2,1H3/t9-,12?/m1/s1. The van der Waals surface area contributed by atoms with Crippen LogP contribution in [0.15, 0.2) is 12.3 Å². The fourth-order valence-electron chi connectivity index (χ4n) is 3.03.